The third kappa shape index (κ3) is 12.2. The Morgan fingerprint density at radius 2 is 0.556 bits per heavy atom. The van der Waals surface area contributed by atoms with E-state index in [9.17, 15) is 0 Å². The predicted molar refractivity (Wildman–Crippen MR) is 137 cm³/mol. The number of unbranched alkanes of at least 4 members (excludes halogenated alkanes) is 6. The van der Waals surface area contributed by atoms with E-state index in [4.69, 9.17) is 0 Å². The Labute approximate surface area is 178 Å². The molecule has 0 amide bonds. The lowest BCUT2D eigenvalue weighted by Gasteiger charge is -2.42. The van der Waals surface area contributed by atoms with Gasteiger partial charge in [0.25, 0.3) is 0 Å². The first kappa shape index (κ1) is 27.9. The molecule has 27 heavy (non-hydrogen) atoms. The third-order valence-corrected chi connectivity index (χ3v) is 30.5. The fourth-order valence-corrected chi connectivity index (χ4v) is 36.8. The summed E-state index contributed by atoms with van der Waals surface area (Å²) in [4.78, 5) is 0. The van der Waals surface area contributed by atoms with Crippen LogP contribution >= 0.6 is 7.68 Å². The van der Waals surface area contributed by atoms with Gasteiger partial charge >= 0.3 is 0 Å². The zero-order valence-electron chi connectivity index (χ0n) is 20.2. The molecule has 0 N–H and O–H groups in total. The van der Waals surface area contributed by atoms with Crippen LogP contribution in [0.25, 0.3) is 0 Å². The molecular formula is C24H54PSi2. The fourth-order valence-electron chi connectivity index (χ4n) is 4.62. The predicted octanol–water partition coefficient (Wildman–Crippen LogP) is 10.6. The summed E-state index contributed by atoms with van der Waals surface area (Å²) >= 11 is 0. The Hall–Kier alpha value is 0.864. The minimum Gasteiger partial charge on any atom is -0.111 e. The van der Waals surface area contributed by atoms with Crippen LogP contribution in [-0.2, 0) is 0 Å². The topological polar surface area (TPSA) is 0 Å². The summed E-state index contributed by atoms with van der Waals surface area (Å²) in [6, 6.07) is 9.94. The van der Waals surface area contributed by atoms with Gasteiger partial charge in [-0.15, -0.1) is 7.68 Å². The van der Waals surface area contributed by atoms with Gasteiger partial charge in [-0.3, -0.25) is 0 Å². The normalized spacial score (nSPS) is 12.7. The minimum absolute atomic E-state index is 1.11. The molecular weight excluding hydrogens is 375 g/mol. The van der Waals surface area contributed by atoms with Gasteiger partial charge in [0, 0.05) is 0 Å². The van der Waals surface area contributed by atoms with Gasteiger partial charge in [0.1, 0.15) is 0 Å². The van der Waals surface area contributed by atoms with Crippen LogP contribution in [0.5, 0.6) is 0 Å². The molecule has 0 heterocycles. The molecule has 0 unspecified atom stereocenters. The summed E-state index contributed by atoms with van der Waals surface area (Å²) in [6.07, 6.45) is 17.6. The van der Waals surface area contributed by atoms with Gasteiger partial charge in [-0.25, -0.2) is 0 Å². The molecule has 0 aromatic carbocycles. The van der Waals surface area contributed by atoms with E-state index >= 15 is 0 Å². The molecule has 0 nitrogen and oxygen atoms in total. The van der Waals surface area contributed by atoms with Crippen LogP contribution in [0.3, 0.4) is 0 Å². The molecule has 3 heteroatoms. The molecule has 0 spiro atoms. The van der Waals surface area contributed by atoms with Gasteiger partial charge < -0.3 is 0 Å². The van der Waals surface area contributed by atoms with E-state index in [2.05, 4.69) is 49.2 Å². The van der Waals surface area contributed by atoms with Crippen LogP contribution in [0.1, 0.15) is 119 Å². The molecule has 163 valence electrons. The third-order valence-electron chi connectivity index (χ3n) is 6.45. The van der Waals surface area contributed by atoms with Crippen molar-refractivity contribution < 1.29 is 0 Å². The first-order valence-electron chi connectivity index (χ1n) is 12.8. The van der Waals surface area contributed by atoms with Crippen LogP contribution in [-0.4, -0.2) is 15.5 Å². The summed E-state index contributed by atoms with van der Waals surface area (Å²) < 4.78 is 0. The van der Waals surface area contributed by atoms with Gasteiger partial charge in [0.15, 0.2) is 0 Å². The van der Waals surface area contributed by atoms with Crippen molar-refractivity contribution in [1.29, 1.82) is 0 Å². The molecule has 0 aromatic rings. The van der Waals surface area contributed by atoms with Crippen molar-refractivity contribution in [2.75, 3.05) is 0 Å². The molecule has 0 aliphatic heterocycles. The first-order valence-corrected chi connectivity index (χ1v) is 20.6. The lowest BCUT2D eigenvalue weighted by atomic mass is 10.4. The standard InChI is InChI=1S/C24H54PSi2/c1-7-13-19-26(20-14-8-2,21-15-9-3)25-27(22-16-10-4,23-17-11-5)24-18-12-6/h7-24H2,1-6H3. The smallest absolute Gasteiger partial charge is 0.0810 e. The first-order chi connectivity index (χ1) is 13.1. The van der Waals surface area contributed by atoms with E-state index in [1.165, 1.54) is 77.0 Å². The van der Waals surface area contributed by atoms with E-state index in [1.54, 1.807) is 36.3 Å². The van der Waals surface area contributed by atoms with Gasteiger partial charge in [-0.1, -0.05) is 155 Å². The summed E-state index contributed by atoms with van der Waals surface area (Å²) in [5, 5.41) is 0. The van der Waals surface area contributed by atoms with E-state index < -0.39 is 15.5 Å². The highest BCUT2D eigenvalue weighted by atomic mass is 31.6. The number of hydrogen-bond acceptors (Lipinski definition) is 0. The maximum Gasteiger partial charge on any atom is 0.0810 e. The van der Waals surface area contributed by atoms with Crippen molar-refractivity contribution >= 4 is 23.2 Å². The number of rotatable bonds is 20. The fraction of sp³-hybridized carbons (Fsp3) is 1.00. The summed E-state index contributed by atoms with van der Waals surface area (Å²) in [5.41, 5.74) is 0. The van der Waals surface area contributed by atoms with Crippen molar-refractivity contribution in [3.05, 3.63) is 0 Å². The largest absolute Gasteiger partial charge is 0.111 e. The van der Waals surface area contributed by atoms with Gasteiger partial charge in [-0.2, -0.15) is 0 Å². The molecule has 0 rings (SSSR count). The summed E-state index contributed by atoms with van der Waals surface area (Å²) in [7, 11) is -0.0727. The van der Waals surface area contributed by atoms with Crippen LogP contribution < -0.4 is 0 Å². The zero-order chi connectivity index (χ0) is 20.4. The molecule has 1 radical (unpaired) electrons. The number of hydrogen-bond donors (Lipinski definition) is 0. The van der Waals surface area contributed by atoms with Gasteiger partial charge in [0.2, 0.25) is 0 Å². The highest BCUT2D eigenvalue weighted by molar-refractivity contribution is 8.07. The van der Waals surface area contributed by atoms with Crippen molar-refractivity contribution in [2.24, 2.45) is 0 Å². The molecule has 0 aliphatic carbocycles. The minimum atomic E-state index is -1.11. The average molecular weight is 430 g/mol. The molecule has 0 fully saturated rings. The Morgan fingerprint density at radius 3 is 0.704 bits per heavy atom. The molecule has 0 aliphatic rings. The van der Waals surface area contributed by atoms with E-state index in [-0.39, 0.29) is 0 Å². The Kier molecular flexibility index (Phi) is 18.3. The Morgan fingerprint density at radius 1 is 0.370 bits per heavy atom. The summed E-state index contributed by atoms with van der Waals surface area (Å²) in [5.74, 6) is 0. The average Bonchev–Trinajstić information content (AvgIpc) is 2.70. The SMILES string of the molecule is CCCC[Si](CCCC)(CCCC)[P][Si](CCCC)(CCCC)CCCC. The highest BCUT2D eigenvalue weighted by Crippen LogP contribution is 2.53. The summed E-state index contributed by atoms with van der Waals surface area (Å²) in [6.45, 7) is 14.5. The second kappa shape index (κ2) is 17.7. The lowest BCUT2D eigenvalue weighted by Crippen LogP contribution is -2.40. The second-order valence-corrected chi connectivity index (χ2v) is 25.7. The zero-order valence-corrected chi connectivity index (χ0v) is 23.1. The van der Waals surface area contributed by atoms with Gasteiger partial charge in [-0.05, 0) is 0 Å². The quantitative estimate of drug-likeness (QED) is 0.133. The second-order valence-electron chi connectivity index (χ2n) is 9.18. The van der Waals surface area contributed by atoms with Crippen LogP contribution in [0.15, 0.2) is 0 Å². The highest BCUT2D eigenvalue weighted by Gasteiger charge is 2.42. The Bertz CT molecular complexity index is 246. The maximum atomic E-state index is 2.42. The van der Waals surface area contributed by atoms with E-state index in [1.807, 2.05) is 0 Å². The van der Waals surface area contributed by atoms with Crippen LogP contribution in [0.4, 0.5) is 0 Å². The van der Waals surface area contributed by atoms with Crippen LogP contribution in [0, 0.1) is 0 Å². The van der Waals surface area contributed by atoms with Crippen molar-refractivity contribution in [2.45, 2.75) is 155 Å². The Balaban J connectivity index is 5.66. The molecule has 0 aromatic heterocycles. The lowest BCUT2D eigenvalue weighted by molar-refractivity contribution is 0.802. The van der Waals surface area contributed by atoms with Crippen LogP contribution in [0.2, 0.25) is 36.3 Å². The van der Waals surface area contributed by atoms with Crippen molar-refractivity contribution in [1.82, 2.24) is 0 Å². The monoisotopic (exact) mass is 429 g/mol. The van der Waals surface area contributed by atoms with E-state index in [0.29, 0.717) is 0 Å². The van der Waals surface area contributed by atoms with Gasteiger partial charge in [0.05, 0.1) is 15.5 Å². The maximum absolute atomic E-state index is 2.42. The van der Waals surface area contributed by atoms with Crippen molar-refractivity contribution in [3.8, 4) is 0 Å². The molecule has 0 saturated carbocycles. The molecule has 0 saturated heterocycles. The molecule has 0 atom stereocenters. The molecule has 0 bridgehead atoms. The van der Waals surface area contributed by atoms with E-state index in [0.717, 1.165) is 0 Å². The van der Waals surface area contributed by atoms with Crippen molar-refractivity contribution in [3.63, 3.8) is 0 Å².